The largest absolute Gasteiger partial charge is 0.476 e. The van der Waals surface area contributed by atoms with Crippen LogP contribution in [-0.2, 0) is 12.8 Å². The number of carbonyl (C=O) groups is 1. The van der Waals surface area contributed by atoms with Gasteiger partial charge in [0, 0.05) is 11.3 Å². The molecule has 2 N–H and O–H groups in total. The number of carboxylic acids is 1. The molecule has 0 saturated carbocycles. The lowest BCUT2D eigenvalue weighted by atomic mass is 9.82. The van der Waals surface area contributed by atoms with E-state index in [9.17, 15) is 4.79 Å². The summed E-state index contributed by atoms with van der Waals surface area (Å²) in [6.45, 7) is 3.83. The standard InChI is InChI=1S/C13H16N2O2S/c1-3-8(7-18-2)9-4-5-11-10(6-9)12(13(16)17)15-14-11/h3,7,9H,1,4-6H2,2H3,(H,14,15)(H,16,17)/b8-7+. The number of H-pyrrole nitrogens is 1. The zero-order valence-electron chi connectivity index (χ0n) is 10.3. The topological polar surface area (TPSA) is 66.0 Å². The van der Waals surface area contributed by atoms with Crippen molar-refractivity contribution in [1.82, 2.24) is 10.2 Å². The molecule has 0 spiro atoms. The fraction of sp³-hybridized carbons (Fsp3) is 0.385. The van der Waals surface area contributed by atoms with E-state index in [-0.39, 0.29) is 5.69 Å². The molecule has 1 aromatic rings. The minimum absolute atomic E-state index is 0.169. The Kier molecular flexibility index (Phi) is 3.91. The SMILES string of the molecule is C=C/C(=C\SC)C1CCc2[nH]nc(C(=O)O)c2C1. The van der Waals surface area contributed by atoms with Gasteiger partial charge >= 0.3 is 5.97 Å². The van der Waals surface area contributed by atoms with Gasteiger partial charge in [0.1, 0.15) is 0 Å². The number of aryl methyl sites for hydroxylation is 1. The first-order chi connectivity index (χ1) is 8.67. The Hall–Kier alpha value is -1.49. The zero-order valence-corrected chi connectivity index (χ0v) is 11.1. The molecule has 1 heterocycles. The number of aromatic carboxylic acids is 1. The molecular weight excluding hydrogens is 248 g/mol. The van der Waals surface area contributed by atoms with Crippen LogP contribution < -0.4 is 0 Å². The maximum absolute atomic E-state index is 11.1. The normalized spacial score (nSPS) is 19.4. The minimum Gasteiger partial charge on any atom is -0.476 e. The Morgan fingerprint density at radius 1 is 1.67 bits per heavy atom. The summed E-state index contributed by atoms with van der Waals surface area (Å²) in [5, 5.41) is 17.9. The highest BCUT2D eigenvalue weighted by Gasteiger charge is 2.27. The number of thioether (sulfide) groups is 1. The zero-order chi connectivity index (χ0) is 13.1. The van der Waals surface area contributed by atoms with E-state index in [2.05, 4.69) is 22.2 Å². The number of rotatable bonds is 4. The van der Waals surface area contributed by atoms with E-state index in [1.54, 1.807) is 11.8 Å². The lowest BCUT2D eigenvalue weighted by Crippen LogP contribution is -2.17. The third kappa shape index (κ3) is 2.36. The quantitative estimate of drug-likeness (QED) is 0.820. The van der Waals surface area contributed by atoms with Gasteiger partial charge in [-0.1, -0.05) is 12.7 Å². The molecule has 1 aromatic heterocycles. The molecule has 0 bridgehead atoms. The van der Waals surface area contributed by atoms with Crippen molar-refractivity contribution in [3.63, 3.8) is 0 Å². The molecule has 1 aliphatic rings. The highest BCUT2D eigenvalue weighted by molar-refractivity contribution is 8.01. The van der Waals surface area contributed by atoms with E-state index in [0.29, 0.717) is 5.92 Å². The fourth-order valence-corrected chi connectivity index (χ4v) is 2.96. The van der Waals surface area contributed by atoms with Gasteiger partial charge in [-0.15, -0.1) is 11.8 Å². The van der Waals surface area contributed by atoms with Crippen molar-refractivity contribution in [3.05, 3.63) is 40.6 Å². The van der Waals surface area contributed by atoms with Gasteiger partial charge in [-0.05, 0) is 42.4 Å². The lowest BCUT2D eigenvalue weighted by molar-refractivity contribution is 0.0689. The smallest absolute Gasteiger partial charge is 0.356 e. The van der Waals surface area contributed by atoms with Crippen LogP contribution in [0.25, 0.3) is 0 Å². The van der Waals surface area contributed by atoms with Crippen LogP contribution in [-0.4, -0.2) is 27.5 Å². The van der Waals surface area contributed by atoms with Crippen LogP contribution in [0.4, 0.5) is 0 Å². The number of hydrogen-bond donors (Lipinski definition) is 2. The summed E-state index contributed by atoms with van der Waals surface area (Å²) in [5.74, 6) is -0.611. The minimum atomic E-state index is -0.956. The number of allylic oxidation sites excluding steroid dienone is 2. The van der Waals surface area contributed by atoms with E-state index in [4.69, 9.17) is 5.11 Å². The van der Waals surface area contributed by atoms with E-state index in [0.717, 1.165) is 30.5 Å². The molecule has 1 atom stereocenters. The van der Waals surface area contributed by atoms with E-state index in [1.807, 2.05) is 12.3 Å². The third-order valence-corrected chi connectivity index (χ3v) is 3.82. The monoisotopic (exact) mass is 264 g/mol. The fourth-order valence-electron chi connectivity index (χ4n) is 2.40. The average Bonchev–Trinajstić information content (AvgIpc) is 2.78. The van der Waals surface area contributed by atoms with Crippen molar-refractivity contribution < 1.29 is 9.90 Å². The van der Waals surface area contributed by atoms with Crippen LogP contribution in [0, 0.1) is 5.92 Å². The predicted molar refractivity (Wildman–Crippen MR) is 72.9 cm³/mol. The lowest BCUT2D eigenvalue weighted by Gasteiger charge is -2.23. The Bertz CT molecular complexity index is 505. The first-order valence-electron chi connectivity index (χ1n) is 5.82. The Labute approximate surface area is 110 Å². The molecule has 0 aromatic carbocycles. The van der Waals surface area contributed by atoms with E-state index >= 15 is 0 Å². The van der Waals surface area contributed by atoms with Gasteiger partial charge in [-0.25, -0.2) is 4.79 Å². The summed E-state index contributed by atoms with van der Waals surface area (Å²) in [7, 11) is 0. The summed E-state index contributed by atoms with van der Waals surface area (Å²) < 4.78 is 0. The summed E-state index contributed by atoms with van der Waals surface area (Å²) in [5.41, 5.74) is 3.18. The molecule has 0 radical (unpaired) electrons. The van der Waals surface area contributed by atoms with Crippen molar-refractivity contribution in [1.29, 1.82) is 0 Å². The van der Waals surface area contributed by atoms with Gasteiger partial charge in [-0.3, -0.25) is 5.10 Å². The summed E-state index contributed by atoms with van der Waals surface area (Å²) in [6, 6.07) is 0. The third-order valence-electron chi connectivity index (χ3n) is 3.31. The summed E-state index contributed by atoms with van der Waals surface area (Å²) in [6.07, 6.45) is 6.46. The second-order valence-corrected chi connectivity index (χ2v) is 5.04. The predicted octanol–water partition coefficient (Wildman–Crippen LogP) is 2.65. The number of aromatic amines is 1. The number of nitrogens with one attached hydrogen (secondary N) is 1. The van der Waals surface area contributed by atoms with Gasteiger partial charge in [-0.2, -0.15) is 5.10 Å². The van der Waals surface area contributed by atoms with Gasteiger partial charge in [0.15, 0.2) is 5.69 Å². The second kappa shape index (κ2) is 5.44. The highest BCUT2D eigenvalue weighted by atomic mass is 32.2. The van der Waals surface area contributed by atoms with Crippen LogP contribution in [0.15, 0.2) is 23.6 Å². The van der Waals surface area contributed by atoms with Gasteiger partial charge in [0.25, 0.3) is 0 Å². The van der Waals surface area contributed by atoms with Crippen LogP contribution >= 0.6 is 11.8 Å². The molecule has 0 aliphatic heterocycles. The van der Waals surface area contributed by atoms with Crippen molar-refractivity contribution in [2.45, 2.75) is 19.3 Å². The molecule has 18 heavy (non-hydrogen) atoms. The maximum atomic E-state index is 11.1. The van der Waals surface area contributed by atoms with Crippen molar-refractivity contribution >= 4 is 17.7 Å². The Morgan fingerprint density at radius 3 is 3.06 bits per heavy atom. The van der Waals surface area contributed by atoms with Crippen LogP contribution in [0.5, 0.6) is 0 Å². The van der Waals surface area contributed by atoms with Crippen molar-refractivity contribution in [2.24, 2.45) is 5.92 Å². The van der Waals surface area contributed by atoms with Crippen molar-refractivity contribution in [3.8, 4) is 0 Å². The first-order valence-corrected chi connectivity index (χ1v) is 7.10. The molecule has 0 amide bonds. The number of fused-ring (bicyclic) bond motifs is 1. The molecule has 0 fully saturated rings. The van der Waals surface area contributed by atoms with E-state index in [1.165, 1.54) is 5.57 Å². The van der Waals surface area contributed by atoms with Crippen LogP contribution in [0.2, 0.25) is 0 Å². The Morgan fingerprint density at radius 2 is 2.44 bits per heavy atom. The van der Waals surface area contributed by atoms with Crippen LogP contribution in [0.1, 0.15) is 28.2 Å². The number of hydrogen-bond acceptors (Lipinski definition) is 3. The van der Waals surface area contributed by atoms with Crippen molar-refractivity contribution in [2.75, 3.05) is 6.26 Å². The number of nitrogens with zero attached hydrogens (tertiary/aromatic N) is 1. The molecule has 96 valence electrons. The van der Waals surface area contributed by atoms with Crippen LogP contribution in [0.3, 0.4) is 0 Å². The highest BCUT2D eigenvalue weighted by Crippen LogP contribution is 2.32. The van der Waals surface area contributed by atoms with Gasteiger partial charge < -0.3 is 5.11 Å². The summed E-state index contributed by atoms with van der Waals surface area (Å²) >= 11 is 1.65. The second-order valence-electron chi connectivity index (χ2n) is 4.33. The van der Waals surface area contributed by atoms with Gasteiger partial charge in [0.05, 0.1) is 0 Å². The molecule has 4 nitrogen and oxygen atoms in total. The maximum Gasteiger partial charge on any atom is 0.356 e. The molecule has 1 unspecified atom stereocenters. The molecule has 0 saturated heterocycles. The van der Waals surface area contributed by atoms with Gasteiger partial charge in [0.2, 0.25) is 0 Å². The molecular formula is C13H16N2O2S. The summed E-state index contributed by atoms with van der Waals surface area (Å²) in [4.78, 5) is 11.1. The molecule has 1 aliphatic carbocycles. The Balaban J connectivity index is 2.28. The average molecular weight is 264 g/mol. The first kappa shape index (κ1) is 13.0. The number of carboxylic acid groups (broad SMARTS) is 1. The molecule has 2 rings (SSSR count). The number of aromatic nitrogens is 2. The molecule has 5 heteroatoms. The van der Waals surface area contributed by atoms with E-state index < -0.39 is 5.97 Å².